The molecule has 0 saturated heterocycles. The van der Waals surface area contributed by atoms with Gasteiger partial charge in [0.2, 0.25) is 0 Å². The van der Waals surface area contributed by atoms with Gasteiger partial charge in [0, 0.05) is 37.1 Å². The molecule has 2 heterocycles. The summed E-state index contributed by atoms with van der Waals surface area (Å²) in [6.07, 6.45) is 2.80. The quantitative estimate of drug-likeness (QED) is 0.292. The Morgan fingerprint density at radius 2 is 1.70 bits per heavy atom. The van der Waals surface area contributed by atoms with E-state index in [1.165, 1.54) is 0 Å². The van der Waals surface area contributed by atoms with Gasteiger partial charge in [-0.25, -0.2) is 0 Å². The fraction of sp³-hybridized carbons (Fsp3) is 0.219. The Hall–Kier alpha value is -4.69. The molecule has 40 heavy (non-hydrogen) atoms. The van der Waals surface area contributed by atoms with Crippen molar-refractivity contribution in [2.75, 3.05) is 18.4 Å². The van der Waals surface area contributed by atoms with Crippen molar-refractivity contribution in [2.45, 2.75) is 32.5 Å². The zero-order valence-electron chi connectivity index (χ0n) is 22.5. The summed E-state index contributed by atoms with van der Waals surface area (Å²) in [4.78, 5) is 32.1. The lowest BCUT2D eigenvalue weighted by molar-refractivity contribution is 0.0647. The van der Waals surface area contributed by atoms with Gasteiger partial charge in [-0.3, -0.25) is 14.6 Å². The number of fused-ring (bicyclic) bond motifs is 1. The predicted octanol–water partition coefficient (Wildman–Crippen LogP) is 5.53. The van der Waals surface area contributed by atoms with Crippen LogP contribution in [0.1, 0.15) is 40.1 Å². The lowest BCUT2D eigenvalue weighted by atomic mass is 10.1. The first-order valence-electron chi connectivity index (χ1n) is 13.3. The molecule has 3 aromatic carbocycles. The van der Waals surface area contributed by atoms with Gasteiger partial charge in [-0.15, -0.1) is 0 Å². The van der Waals surface area contributed by atoms with Gasteiger partial charge in [0.15, 0.2) is 5.75 Å². The van der Waals surface area contributed by atoms with E-state index in [1.807, 2.05) is 73.3 Å². The molecule has 1 aliphatic heterocycles. The highest BCUT2D eigenvalue weighted by molar-refractivity contribution is 6.07. The first-order valence-corrected chi connectivity index (χ1v) is 13.3. The number of anilines is 1. The smallest absolute Gasteiger partial charge is 0.258 e. The molecule has 0 saturated carbocycles. The first kappa shape index (κ1) is 26.9. The molecule has 8 heteroatoms. The van der Waals surface area contributed by atoms with Gasteiger partial charge in [-0.2, -0.15) is 0 Å². The number of pyridine rings is 1. The molecule has 0 bridgehead atoms. The van der Waals surface area contributed by atoms with Gasteiger partial charge in [0.1, 0.15) is 17.6 Å². The number of ether oxygens (including phenoxy) is 2. The second kappa shape index (κ2) is 12.4. The van der Waals surface area contributed by atoms with E-state index in [4.69, 9.17) is 9.47 Å². The van der Waals surface area contributed by atoms with Gasteiger partial charge in [0.05, 0.1) is 17.8 Å². The number of rotatable bonds is 9. The van der Waals surface area contributed by atoms with Crippen molar-refractivity contribution in [2.24, 2.45) is 0 Å². The summed E-state index contributed by atoms with van der Waals surface area (Å²) < 4.78 is 12.3. The molecule has 0 unspecified atom stereocenters. The second-order valence-corrected chi connectivity index (χ2v) is 9.85. The summed E-state index contributed by atoms with van der Waals surface area (Å²) in [6, 6.07) is 26.1. The fourth-order valence-electron chi connectivity index (χ4n) is 4.52. The number of benzene rings is 3. The Kier molecular flexibility index (Phi) is 8.37. The highest BCUT2D eigenvalue weighted by atomic mass is 16.5. The van der Waals surface area contributed by atoms with Gasteiger partial charge in [0.25, 0.3) is 11.8 Å². The topological polar surface area (TPSA) is 92.8 Å². The van der Waals surface area contributed by atoms with Crippen LogP contribution in [0.2, 0.25) is 0 Å². The zero-order valence-corrected chi connectivity index (χ0v) is 22.5. The number of carbonyl (C=O) groups excluding carboxylic acids is 2. The van der Waals surface area contributed by atoms with E-state index in [-0.39, 0.29) is 24.0 Å². The maximum atomic E-state index is 13.5. The van der Waals surface area contributed by atoms with Crippen molar-refractivity contribution < 1.29 is 19.1 Å². The van der Waals surface area contributed by atoms with Crippen molar-refractivity contribution in [3.8, 4) is 17.2 Å². The van der Waals surface area contributed by atoms with E-state index in [0.717, 1.165) is 17.1 Å². The molecule has 4 aromatic rings. The number of para-hydroxylation sites is 2. The van der Waals surface area contributed by atoms with Gasteiger partial charge >= 0.3 is 0 Å². The van der Waals surface area contributed by atoms with Crippen molar-refractivity contribution in [1.82, 2.24) is 15.2 Å². The SMILES string of the molecule is CC(C)N1C[C@@H](CNCc2ccc(Oc3ccccc3)cc2)Oc2c(NC(=O)c3ccncc3)cccc2C1=O. The molecule has 204 valence electrons. The largest absolute Gasteiger partial charge is 0.484 e. The minimum atomic E-state index is -0.327. The number of hydrogen-bond donors (Lipinski definition) is 2. The Morgan fingerprint density at radius 1 is 0.975 bits per heavy atom. The summed E-state index contributed by atoms with van der Waals surface area (Å²) in [7, 11) is 0. The monoisotopic (exact) mass is 536 g/mol. The van der Waals surface area contributed by atoms with Crippen LogP contribution in [0.15, 0.2) is 97.3 Å². The zero-order chi connectivity index (χ0) is 27.9. The fourth-order valence-corrected chi connectivity index (χ4v) is 4.52. The van der Waals surface area contributed by atoms with E-state index in [2.05, 4.69) is 15.6 Å². The first-order chi connectivity index (χ1) is 19.5. The molecule has 0 radical (unpaired) electrons. The molecule has 0 fully saturated rings. The van der Waals surface area contributed by atoms with Gasteiger partial charge < -0.3 is 25.0 Å². The Labute approximate surface area is 234 Å². The Balaban J connectivity index is 1.28. The lowest BCUT2D eigenvalue weighted by Crippen LogP contribution is -2.44. The van der Waals surface area contributed by atoms with E-state index in [9.17, 15) is 9.59 Å². The number of carbonyl (C=O) groups is 2. The molecule has 2 amide bonds. The molecule has 2 N–H and O–H groups in total. The molecule has 0 aliphatic carbocycles. The predicted molar refractivity (Wildman–Crippen MR) is 154 cm³/mol. The van der Waals surface area contributed by atoms with Crippen molar-refractivity contribution in [3.05, 3.63) is 114 Å². The van der Waals surface area contributed by atoms with Crippen LogP contribution >= 0.6 is 0 Å². The van der Waals surface area contributed by atoms with Crippen molar-refractivity contribution in [3.63, 3.8) is 0 Å². The summed E-state index contributed by atoms with van der Waals surface area (Å²) in [5.41, 5.74) is 2.45. The van der Waals surface area contributed by atoms with Crippen LogP contribution in [0.3, 0.4) is 0 Å². The highest BCUT2D eigenvalue weighted by Gasteiger charge is 2.32. The molecule has 1 aliphatic rings. The van der Waals surface area contributed by atoms with Crippen molar-refractivity contribution in [1.29, 1.82) is 0 Å². The molecule has 1 atom stereocenters. The number of nitrogens with zero attached hydrogens (tertiary/aromatic N) is 2. The third-order valence-electron chi connectivity index (χ3n) is 6.61. The van der Waals surface area contributed by atoms with E-state index in [0.29, 0.717) is 42.2 Å². The average Bonchev–Trinajstić information content (AvgIpc) is 3.12. The minimum absolute atomic E-state index is 0.0169. The Morgan fingerprint density at radius 3 is 2.42 bits per heavy atom. The number of hydrogen-bond acceptors (Lipinski definition) is 6. The number of nitrogens with one attached hydrogen (secondary N) is 2. The second-order valence-electron chi connectivity index (χ2n) is 9.85. The standard InChI is InChI=1S/C32H32N4O4/c1-22(2)36-21-27(20-34-19-23-11-13-26(14-12-23)39-25-7-4-3-5-8-25)40-30-28(32(36)38)9-6-10-29(30)35-31(37)24-15-17-33-18-16-24/h3-18,22,27,34H,19-21H2,1-2H3,(H,35,37)/t27-/m1/s1. The molecule has 1 aromatic heterocycles. The van der Waals surface area contributed by atoms with Gasteiger partial charge in [-0.05, 0) is 67.9 Å². The molecular weight excluding hydrogens is 504 g/mol. The number of amides is 2. The van der Waals surface area contributed by atoms with Crippen LogP contribution in [0.5, 0.6) is 17.2 Å². The van der Waals surface area contributed by atoms with E-state index >= 15 is 0 Å². The third kappa shape index (κ3) is 6.47. The summed E-state index contributed by atoms with van der Waals surface area (Å²) >= 11 is 0. The highest BCUT2D eigenvalue weighted by Crippen LogP contribution is 2.34. The maximum Gasteiger partial charge on any atom is 0.258 e. The van der Waals surface area contributed by atoms with Crippen LogP contribution in [0.25, 0.3) is 0 Å². The summed E-state index contributed by atoms with van der Waals surface area (Å²) in [5.74, 6) is 1.52. The molecular formula is C32H32N4O4. The normalized spacial score (nSPS) is 14.7. The van der Waals surface area contributed by atoms with Crippen LogP contribution < -0.4 is 20.1 Å². The van der Waals surface area contributed by atoms with Gasteiger partial charge in [-0.1, -0.05) is 36.4 Å². The average molecular weight is 537 g/mol. The van der Waals surface area contributed by atoms with E-state index < -0.39 is 0 Å². The van der Waals surface area contributed by atoms with Crippen LogP contribution in [0, 0.1) is 0 Å². The van der Waals surface area contributed by atoms with Crippen LogP contribution in [0.4, 0.5) is 5.69 Å². The minimum Gasteiger partial charge on any atom is -0.484 e. The maximum absolute atomic E-state index is 13.5. The summed E-state index contributed by atoms with van der Waals surface area (Å²) in [6.45, 7) is 5.52. The molecule has 5 rings (SSSR count). The molecule has 0 spiro atoms. The molecule has 8 nitrogen and oxygen atoms in total. The third-order valence-corrected chi connectivity index (χ3v) is 6.61. The summed E-state index contributed by atoms with van der Waals surface area (Å²) in [5, 5.41) is 6.37. The van der Waals surface area contributed by atoms with Crippen LogP contribution in [-0.2, 0) is 6.54 Å². The lowest BCUT2D eigenvalue weighted by Gasteiger charge is -2.27. The number of aromatic nitrogens is 1. The Bertz CT molecular complexity index is 1440. The van der Waals surface area contributed by atoms with Crippen LogP contribution in [-0.4, -0.2) is 46.9 Å². The van der Waals surface area contributed by atoms with E-state index in [1.54, 1.807) is 42.7 Å². The van der Waals surface area contributed by atoms with Crippen molar-refractivity contribution >= 4 is 17.5 Å².